The Balaban J connectivity index is 1.69. The van der Waals surface area contributed by atoms with Crippen molar-refractivity contribution in [2.45, 2.75) is 13.5 Å². The van der Waals surface area contributed by atoms with Crippen LogP contribution in [0.15, 0.2) is 60.7 Å². The van der Waals surface area contributed by atoms with Crippen LogP contribution in [0.5, 0.6) is 11.5 Å². The van der Waals surface area contributed by atoms with Gasteiger partial charge in [0.25, 0.3) is 5.91 Å². The van der Waals surface area contributed by atoms with Crippen molar-refractivity contribution in [2.24, 2.45) is 0 Å². The van der Waals surface area contributed by atoms with Gasteiger partial charge in [-0.15, -0.1) is 10.2 Å². The van der Waals surface area contributed by atoms with Crippen molar-refractivity contribution >= 4 is 11.7 Å². The molecule has 3 rings (SSSR count). The van der Waals surface area contributed by atoms with Crippen molar-refractivity contribution < 1.29 is 9.53 Å². The van der Waals surface area contributed by atoms with Gasteiger partial charge in [-0.2, -0.15) is 0 Å². The zero-order chi connectivity index (χ0) is 18.4. The molecule has 6 nitrogen and oxygen atoms in total. The maximum absolute atomic E-state index is 11.5. The number of carbonyl (C=O) groups is 1. The Morgan fingerprint density at radius 1 is 1.04 bits per heavy atom. The molecule has 132 valence electrons. The molecule has 0 bridgehead atoms. The predicted molar refractivity (Wildman–Crippen MR) is 100 cm³/mol. The van der Waals surface area contributed by atoms with Crippen LogP contribution in [-0.4, -0.2) is 23.2 Å². The molecule has 0 spiro atoms. The van der Waals surface area contributed by atoms with Crippen LogP contribution in [-0.2, 0) is 6.54 Å². The average molecular weight is 348 g/mol. The summed E-state index contributed by atoms with van der Waals surface area (Å²) in [5.74, 6) is 1.90. The number of aromatic nitrogens is 2. The number of para-hydroxylation sites is 1. The smallest absolute Gasteiger partial charge is 0.271 e. The maximum Gasteiger partial charge on any atom is 0.271 e. The van der Waals surface area contributed by atoms with E-state index in [2.05, 4.69) is 20.8 Å². The van der Waals surface area contributed by atoms with E-state index in [1.165, 1.54) is 0 Å². The Hall–Kier alpha value is -3.41. The third-order valence-corrected chi connectivity index (χ3v) is 3.77. The fraction of sp³-hybridized carbons (Fsp3) is 0.150. The Labute approximate surface area is 152 Å². The molecule has 1 amide bonds. The Bertz CT molecular complexity index is 894. The highest BCUT2D eigenvalue weighted by molar-refractivity contribution is 5.91. The number of anilines is 1. The Morgan fingerprint density at radius 3 is 2.62 bits per heavy atom. The summed E-state index contributed by atoms with van der Waals surface area (Å²) in [5.41, 5.74) is 2.41. The minimum absolute atomic E-state index is 0.263. The van der Waals surface area contributed by atoms with E-state index >= 15 is 0 Å². The minimum atomic E-state index is -0.263. The van der Waals surface area contributed by atoms with Crippen molar-refractivity contribution in [1.82, 2.24) is 15.5 Å². The van der Waals surface area contributed by atoms with E-state index in [-0.39, 0.29) is 11.6 Å². The van der Waals surface area contributed by atoms with E-state index in [9.17, 15) is 4.79 Å². The summed E-state index contributed by atoms with van der Waals surface area (Å²) in [4.78, 5) is 11.5. The second-order valence-corrected chi connectivity index (χ2v) is 5.76. The van der Waals surface area contributed by atoms with Crippen LogP contribution < -0.4 is 15.4 Å². The van der Waals surface area contributed by atoms with Crippen molar-refractivity contribution in [1.29, 1.82) is 0 Å². The summed E-state index contributed by atoms with van der Waals surface area (Å²) in [6, 6.07) is 19.1. The standard InChI is InChI=1S/C20H20N4O2/c1-14-6-5-8-16(12-14)26-18-9-4-3-7-15(18)13-22-19-11-10-17(23-24-19)20(25)21-2/h3-12H,13H2,1-2H3,(H,21,25)(H,22,24). The first kappa shape index (κ1) is 17.4. The van der Waals surface area contributed by atoms with Crippen LogP contribution in [0.3, 0.4) is 0 Å². The monoisotopic (exact) mass is 348 g/mol. The van der Waals surface area contributed by atoms with Gasteiger partial charge < -0.3 is 15.4 Å². The molecule has 0 atom stereocenters. The van der Waals surface area contributed by atoms with Crippen molar-refractivity contribution in [3.8, 4) is 11.5 Å². The van der Waals surface area contributed by atoms with Gasteiger partial charge in [-0.25, -0.2) is 0 Å². The van der Waals surface area contributed by atoms with Crippen LogP contribution in [0.2, 0.25) is 0 Å². The van der Waals surface area contributed by atoms with Crippen LogP contribution in [0.4, 0.5) is 5.82 Å². The lowest BCUT2D eigenvalue weighted by atomic mass is 10.2. The van der Waals surface area contributed by atoms with Gasteiger partial charge in [0.2, 0.25) is 0 Å². The molecule has 0 fully saturated rings. The van der Waals surface area contributed by atoms with Gasteiger partial charge >= 0.3 is 0 Å². The molecule has 0 aliphatic heterocycles. The molecule has 6 heteroatoms. The first-order valence-electron chi connectivity index (χ1n) is 8.28. The van der Waals surface area contributed by atoms with Gasteiger partial charge in [-0.3, -0.25) is 4.79 Å². The molecular weight excluding hydrogens is 328 g/mol. The zero-order valence-electron chi connectivity index (χ0n) is 14.7. The molecule has 1 heterocycles. The molecule has 0 unspecified atom stereocenters. The van der Waals surface area contributed by atoms with Gasteiger partial charge in [0.15, 0.2) is 5.69 Å². The second kappa shape index (κ2) is 8.11. The fourth-order valence-electron chi connectivity index (χ4n) is 2.42. The van der Waals surface area contributed by atoms with Crippen LogP contribution in [0, 0.1) is 6.92 Å². The number of rotatable bonds is 6. The van der Waals surface area contributed by atoms with Crippen LogP contribution in [0.1, 0.15) is 21.6 Å². The summed E-state index contributed by atoms with van der Waals surface area (Å²) < 4.78 is 6.01. The topological polar surface area (TPSA) is 76.1 Å². The highest BCUT2D eigenvalue weighted by Crippen LogP contribution is 2.26. The summed E-state index contributed by atoms with van der Waals surface area (Å²) in [5, 5.41) is 13.6. The van der Waals surface area contributed by atoms with Gasteiger partial charge in [-0.05, 0) is 42.8 Å². The second-order valence-electron chi connectivity index (χ2n) is 5.76. The quantitative estimate of drug-likeness (QED) is 0.712. The zero-order valence-corrected chi connectivity index (χ0v) is 14.7. The third-order valence-electron chi connectivity index (χ3n) is 3.77. The number of carbonyl (C=O) groups excluding carboxylic acids is 1. The van der Waals surface area contributed by atoms with Crippen molar-refractivity contribution in [2.75, 3.05) is 12.4 Å². The molecule has 0 aliphatic rings. The number of benzene rings is 2. The minimum Gasteiger partial charge on any atom is -0.457 e. The SMILES string of the molecule is CNC(=O)c1ccc(NCc2ccccc2Oc2cccc(C)c2)nn1. The first-order chi connectivity index (χ1) is 12.7. The lowest BCUT2D eigenvalue weighted by molar-refractivity contribution is 0.0957. The molecule has 26 heavy (non-hydrogen) atoms. The predicted octanol–water partition coefficient (Wildman–Crippen LogP) is 3.55. The number of ether oxygens (including phenoxy) is 1. The van der Waals surface area contributed by atoms with E-state index in [0.717, 1.165) is 22.6 Å². The van der Waals surface area contributed by atoms with Gasteiger partial charge in [-0.1, -0.05) is 30.3 Å². The van der Waals surface area contributed by atoms with E-state index in [1.807, 2.05) is 55.5 Å². The molecule has 2 aromatic carbocycles. The highest BCUT2D eigenvalue weighted by atomic mass is 16.5. The van der Waals surface area contributed by atoms with Crippen LogP contribution in [0.25, 0.3) is 0 Å². The first-order valence-corrected chi connectivity index (χ1v) is 8.28. The van der Waals surface area contributed by atoms with Crippen LogP contribution >= 0.6 is 0 Å². The largest absolute Gasteiger partial charge is 0.457 e. The van der Waals surface area contributed by atoms with E-state index in [0.29, 0.717) is 12.4 Å². The maximum atomic E-state index is 11.5. The molecule has 0 radical (unpaired) electrons. The lowest BCUT2D eigenvalue weighted by Gasteiger charge is -2.12. The summed E-state index contributed by atoms with van der Waals surface area (Å²) >= 11 is 0. The lowest BCUT2D eigenvalue weighted by Crippen LogP contribution is -2.19. The number of nitrogens with zero attached hydrogens (tertiary/aromatic N) is 2. The fourth-order valence-corrected chi connectivity index (χ4v) is 2.42. The number of aryl methyl sites for hydroxylation is 1. The normalized spacial score (nSPS) is 10.2. The molecule has 0 saturated carbocycles. The molecular formula is C20H20N4O2. The number of hydrogen-bond donors (Lipinski definition) is 2. The molecule has 2 N–H and O–H groups in total. The van der Waals surface area contributed by atoms with Crippen molar-refractivity contribution in [3.63, 3.8) is 0 Å². The summed E-state index contributed by atoms with van der Waals surface area (Å²) in [7, 11) is 1.56. The van der Waals surface area contributed by atoms with Crippen molar-refractivity contribution in [3.05, 3.63) is 77.5 Å². The van der Waals surface area contributed by atoms with Gasteiger partial charge in [0.1, 0.15) is 17.3 Å². The Kier molecular flexibility index (Phi) is 5.43. The highest BCUT2D eigenvalue weighted by Gasteiger charge is 2.07. The molecule has 0 aliphatic carbocycles. The van der Waals surface area contributed by atoms with Gasteiger partial charge in [0, 0.05) is 19.2 Å². The summed E-state index contributed by atoms with van der Waals surface area (Å²) in [6.07, 6.45) is 0. The Morgan fingerprint density at radius 2 is 1.88 bits per heavy atom. The molecule has 0 saturated heterocycles. The van der Waals surface area contributed by atoms with E-state index < -0.39 is 0 Å². The van der Waals surface area contributed by atoms with Gasteiger partial charge in [0.05, 0.1) is 0 Å². The molecule has 3 aromatic rings. The summed E-state index contributed by atoms with van der Waals surface area (Å²) in [6.45, 7) is 2.55. The number of hydrogen-bond acceptors (Lipinski definition) is 5. The number of nitrogens with one attached hydrogen (secondary N) is 2. The average Bonchev–Trinajstić information content (AvgIpc) is 2.67. The number of amides is 1. The van der Waals surface area contributed by atoms with E-state index in [4.69, 9.17) is 4.74 Å². The molecule has 1 aromatic heterocycles. The van der Waals surface area contributed by atoms with E-state index in [1.54, 1.807) is 19.2 Å². The third kappa shape index (κ3) is 4.36.